The zero-order chi connectivity index (χ0) is 17.5. The van der Waals surface area contributed by atoms with Crippen LogP contribution < -0.4 is 5.32 Å². The largest absolute Gasteiger partial charge is 0.340 e. The zero-order valence-electron chi connectivity index (χ0n) is 13.9. The normalized spacial score (nSPS) is 15.8. The Bertz CT molecular complexity index is 882. The molecule has 0 atom stereocenters. The number of nitrogens with one attached hydrogen (secondary N) is 1. The van der Waals surface area contributed by atoms with E-state index in [0.717, 1.165) is 12.8 Å². The summed E-state index contributed by atoms with van der Waals surface area (Å²) in [6.45, 7) is 3.66. The molecule has 0 bridgehead atoms. The second-order valence-electron chi connectivity index (χ2n) is 6.65. The quantitative estimate of drug-likeness (QED) is 0.744. The molecule has 4 rings (SSSR count). The average molecular weight is 339 g/mol. The van der Waals surface area contributed by atoms with Crippen molar-refractivity contribution in [3.8, 4) is 0 Å². The van der Waals surface area contributed by atoms with Crippen molar-refractivity contribution < 1.29 is 9.32 Å². The lowest BCUT2D eigenvalue weighted by molar-refractivity contribution is 0.0907. The molecule has 0 saturated heterocycles. The number of hydrogen-bond acceptors (Lipinski definition) is 7. The standard InChI is InChI=1S/C16H17N7O2/c1-15(2,19-12(24)11-6-4-3-5-7-11)13-18-14(25-20-13)16(8-9-16)23-10-17-21-22-23/h3-7,10H,8-9H2,1-2H3,(H,19,24). The third kappa shape index (κ3) is 2.67. The maximum atomic E-state index is 12.4. The van der Waals surface area contributed by atoms with Crippen LogP contribution >= 0.6 is 0 Å². The molecule has 2 aromatic heterocycles. The average Bonchev–Trinajstić information content (AvgIpc) is 3.06. The molecule has 1 aliphatic rings. The third-order valence-corrected chi connectivity index (χ3v) is 4.36. The minimum atomic E-state index is -0.786. The molecule has 0 aliphatic heterocycles. The van der Waals surface area contributed by atoms with Gasteiger partial charge in [0.25, 0.3) is 11.8 Å². The summed E-state index contributed by atoms with van der Waals surface area (Å²) in [5.74, 6) is 0.668. The van der Waals surface area contributed by atoms with Crippen LogP contribution in [0.2, 0.25) is 0 Å². The van der Waals surface area contributed by atoms with E-state index in [2.05, 4.69) is 31.0 Å². The summed E-state index contributed by atoms with van der Waals surface area (Å²) in [4.78, 5) is 16.9. The molecule has 1 saturated carbocycles. The van der Waals surface area contributed by atoms with Crippen LogP contribution in [0.1, 0.15) is 48.8 Å². The fourth-order valence-electron chi connectivity index (χ4n) is 2.68. The number of carbonyl (C=O) groups is 1. The van der Waals surface area contributed by atoms with E-state index in [1.165, 1.54) is 0 Å². The number of nitrogens with zero attached hydrogens (tertiary/aromatic N) is 6. The fraction of sp³-hybridized carbons (Fsp3) is 0.375. The van der Waals surface area contributed by atoms with Crippen molar-refractivity contribution in [2.75, 3.05) is 0 Å². The van der Waals surface area contributed by atoms with Gasteiger partial charge >= 0.3 is 0 Å². The van der Waals surface area contributed by atoms with Crippen molar-refractivity contribution >= 4 is 5.91 Å². The molecule has 0 spiro atoms. The molecule has 128 valence electrons. The van der Waals surface area contributed by atoms with Gasteiger partial charge in [-0.25, -0.2) is 4.68 Å². The van der Waals surface area contributed by atoms with Gasteiger partial charge in [-0.1, -0.05) is 23.4 Å². The lowest BCUT2D eigenvalue weighted by Gasteiger charge is -2.22. The summed E-state index contributed by atoms with van der Waals surface area (Å²) in [7, 11) is 0. The first-order chi connectivity index (χ1) is 12.0. The molecule has 1 fully saturated rings. The van der Waals surface area contributed by atoms with Gasteiger partial charge in [0, 0.05) is 5.56 Å². The Balaban J connectivity index is 1.56. The van der Waals surface area contributed by atoms with Gasteiger partial charge < -0.3 is 9.84 Å². The Hall–Kier alpha value is -3.10. The molecule has 25 heavy (non-hydrogen) atoms. The molecule has 0 radical (unpaired) electrons. The smallest absolute Gasteiger partial charge is 0.254 e. The minimum Gasteiger partial charge on any atom is -0.340 e. The summed E-state index contributed by atoms with van der Waals surface area (Å²) >= 11 is 0. The predicted molar refractivity (Wildman–Crippen MR) is 85.4 cm³/mol. The zero-order valence-corrected chi connectivity index (χ0v) is 13.9. The minimum absolute atomic E-state index is 0.196. The van der Waals surface area contributed by atoms with Crippen molar-refractivity contribution in [1.29, 1.82) is 0 Å². The van der Waals surface area contributed by atoms with E-state index in [0.29, 0.717) is 17.3 Å². The number of hydrogen-bond donors (Lipinski definition) is 1. The first kappa shape index (κ1) is 15.4. The summed E-state index contributed by atoms with van der Waals surface area (Å²) in [6.07, 6.45) is 3.20. The van der Waals surface area contributed by atoms with Crippen LogP contribution in [0.3, 0.4) is 0 Å². The van der Waals surface area contributed by atoms with Gasteiger partial charge in [0.1, 0.15) is 11.9 Å². The van der Waals surface area contributed by atoms with Gasteiger partial charge in [0.05, 0.1) is 5.54 Å². The SMILES string of the molecule is CC(C)(NC(=O)c1ccccc1)c1noc(C2(n3cnnn3)CC2)n1. The first-order valence-corrected chi connectivity index (χ1v) is 7.97. The number of benzene rings is 1. The number of aromatic nitrogens is 6. The van der Waals surface area contributed by atoms with Crippen LogP contribution in [0.25, 0.3) is 0 Å². The molecule has 9 heteroatoms. The summed E-state index contributed by atoms with van der Waals surface area (Å²) in [6, 6.07) is 9.00. The molecular formula is C16H17N7O2. The monoisotopic (exact) mass is 339 g/mol. The Morgan fingerprint density at radius 3 is 2.68 bits per heavy atom. The van der Waals surface area contributed by atoms with Crippen LogP contribution in [0, 0.1) is 0 Å². The van der Waals surface area contributed by atoms with Crippen LogP contribution in [-0.2, 0) is 11.1 Å². The lowest BCUT2D eigenvalue weighted by atomic mass is 10.0. The van der Waals surface area contributed by atoms with Crippen LogP contribution in [0.4, 0.5) is 0 Å². The van der Waals surface area contributed by atoms with Crippen LogP contribution in [-0.4, -0.2) is 36.3 Å². The Labute approximate surface area is 143 Å². The fourth-order valence-corrected chi connectivity index (χ4v) is 2.68. The second kappa shape index (κ2) is 5.47. The Morgan fingerprint density at radius 2 is 2.04 bits per heavy atom. The lowest BCUT2D eigenvalue weighted by Crippen LogP contribution is -2.42. The highest BCUT2D eigenvalue weighted by Gasteiger charge is 2.53. The van der Waals surface area contributed by atoms with E-state index in [1.54, 1.807) is 23.1 Å². The van der Waals surface area contributed by atoms with E-state index in [9.17, 15) is 4.79 Å². The first-order valence-electron chi connectivity index (χ1n) is 7.97. The molecule has 3 aromatic rings. The van der Waals surface area contributed by atoms with Crippen molar-refractivity contribution in [2.24, 2.45) is 0 Å². The number of rotatable bonds is 5. The van der Waals surface area contributed by atoms with E-state index in [1.807, 2.05) is 32.0 Å². The maximum absolute atomic E-state index is 12.4. The van der Waals surface area contributed by atoms with Crippen LogP contribution in [0.15, 0.2) is 41.2 Å². The third-order valence-electron chi connectivity index (χ3n) is 4.36. The molecule has 1 amide bonds. The molecule has 1 aromatic carbocycles. The van der Waals surface area contributed by atoms with Crippen molar-refractivity contribution in [3.63, 3.8) is 0 Å². The van der Waals surface area contributed by atoms with Gasteiger partial charge in [-0.3, -0.25) is 4.79 Å². The Kier molecular flexibility index (Phi) is 3.38. The van der Waals surface area contributed by atoms with E-state index >= 15 is 0 Å². The predicted octanol–water partition coefficient (Wildman–Crippen LogP) is 1.26. The van der Waals surface area contributed by atoms with E-state index in [-0.39, 0.29) is 5.91 Å². The Morgan fingerprint density at radius 1 is 1.28 bits per heavy atom. The van der Waals surface area contributed by atoms with Gasteiger partial charge in [0.2, 0.25) is 0 Å². The van der Waals surface area contributed by atoms with Gasteiger partial charge in [-0.05, 0) is 49.2 Å². The number of tetrazole rings is 1. The summed E-state index contributed by atoms with van der Waals surface area (Å²) < 4.78 is 7.10. The molecule has 0 unspecified atom stereocenters. The topological polar surface area (TPSA) is 112 Å². The summed E-state index contributed by atoms with van der Waals surface area (Å²) in [5.41, 5.74) is -0.675. The number of carbonyl (C=O) groups excluding carboxylic acids is 1. The highest BCUT2D eigenvalue weighted by atomic mass is 16.5. The molecular weight excluding hydrogens is 322 g/mol. The molecule has 1 aliphatic carbocycles. The highest BCUT2D eigenvalue weighted by molar-refractivity contribution is 5.94. The molecule has 9 nitrogen and oxygen atoms in total. The van der Waals surface area contributed by atoms with Crippen LogP contribution in [0.5, 0.6) is 0 Å². The van der Waals surface area contributed by atoms with Crippen molar-refractivity contribution in [2.45, 2.75) is 37.8 Å². The number of amides is 1. The van der Waals surface area contributed by atoms with Crippen molar-refractivity contribution in [3.05, 3.63) is 53.9 Å². The van der Waals surface area contributed by atoms with Gasteiger partial charge in [-0.15, -0.1) is 5.10 Å². The summed E-state index contributed by atoms with van der Waals surface area (Å²) in [5, 5.41) is 18.3. The van der Waals surface area contributed by atoms with Gasteiger partial charge in [-0.2, -0.15) is 4.98 Å². The second-order valence-corrected chi connectivity index (χ2v) is 6.65. The van der Waals surface area contributed by atoms with E-state index < -0.39 is 11.1 Å². The van der Waals surface area contributed by atoms with E-state index in [4.69, 9.17) is 4.52 Å². The highest BCUT2D eigenvalue weighted by Crippen LogP contribution is 2.48. The van der Waals surface area contributed by atoms with Gasteiger partial charge in [0.15, 0.2) is 5.82 Å². The van der Waals surface area contributed by atoms with Crippen molar-refractivity contribution in [1.82, 2.24) is 35.7 Å². The maximum Gasteiger partial charge on any atom is 0.254 e. The molecule has 1 N–H and O–H groups in total. The molecule has 2 heterocycles.